The minimum absolute atomic E-state index is 0.0244. The predicted octanol–water partition coefficient (Wildman–Crippen LogP) is 2.63. The molecule has 3 heteroatoms. The van der Waals surface area contributed by atoms with Gasteiger partial charge in [0.15, 0.2) is 0 Å². The molecule has 2 N–H and O–H groups in total. The van der Waals surface area contributed by atoms with Crippen LogP contribution in [-0.4, -0.2) is 18.8 Å². The van der Waals surface area contributed by atoms with Crippen molar-refractivity contribution < 1.29 is 5.11 Å². The summed E-state index contributed by atoms with van der Waals surface area (Å²) in [5.41, 5.74) is 1.58. The molecule has 0 spiro atoms. The number of halogens is 1. The number of aliphatic hydroxyl groups excluding tert-OH is 1. The highest BCUT2D eigenvalue weighted by Gasteiger charge is 2.28. The summed E-state index contributed by atoms with van der Waals surface area (Å²) in [5, 5.41) is 13.5. The van der Waals surface area contributed by atoms with Crippen molar-refractivity contribution in [2.24, 2.45) is 0 Å². The van der Waals surface area contributed by atoms with Crippen LogP contribution in [0.5, 0.6) is 0 Å². The highest BCUT2D eigenvalue weighted by atomic mass is 35.5. The van der Waals surface area contributed by atoms with E-state index >= 15 is 0 Å². The van der Waals surface area contributed by atoms with Gasteiger partial charge >= 0.3 is 0 Å². The van der Waals surface area contributed by atoms with Crippen LogP contribution in [0.25, 0.3) is 0 Å². The standard InChI is InChI=1S/C13H18ClNO/c1-4-7-13(9-16,15-3)11-5-6-12(14)10(2)8-11/h4-6,8,15-16H,1,7,9H2,2-3H3. The lowest BCUT2D eigenvalue weighted by Gasteiger charge is -2.31. The van der Waals surface area contributed by atoms with Crippen LogP contribution < -0.4 is 5.32 Å². The average Bonchev–Trinajstić information content (AvgIpc) is 2.30. The zero-order valence-electron chi connectivity index (χ0n) is 9.76. The van der Waals surface area contributed by atoms with Gasteiger partial charge in [-0.2, -0.15) is 0 Å². The zero-order valence-corrected chi connectivity index (χ0v) is 10.5. The Morgan fingerprint density at radius 3 is 2.69 bits per heavy atom. The minimum atomic E-state index is -0.461. The third kappa shape index (κ3) is 2.46. The summed E-state index contributed by atoms with van der Waals surface area (Å²) in [5.74, 6) is 0. The van der Waals surface area contributed by atoms with Gasteiger partial charge in [0.1, 0.15) is 0 Å². The molecule has 1 atom stereocenters. The van der Waals surface area contributed by atoms with E-state index in [0.29, 0.717) is 6.42 Å². The molecule has 0 fully saturated rings. The Hall–Kier alpha value is -0.830. The number of likely N-dealkylation sites (N-methyl/N-ethyl adjacent to an activating group) is 1. The summed E-state index contributed by atoms with van der Waals surface area (Å²) >= 11 is 5.99. The van der Waals surface area contributed by atoms with E-state index in [1.807, 2.05) is 32.2 Å². The Labute approximate surface area is 102 Å². The maximum absolute atomic E-state index is 9.58. The number of rotatable bonds is 5. The van der Waals surface area contributed by atoms with E-state index in [-0.39, 0.29) is 6.61 Å². The van der Waals surface area contributed by atoms with Gasteiger partial charge in [0.05, 0.1) is 12.1 Å². The van der Waals surface area contributed by atoms with Crippen molar-refractivity contribution in [2.45, 2.75) is 18.9 Å². The van der Waals surface area contributed by atoms with Gasteiger partial charge in [-0.15, -0.1) is 6.58 Å². The fraction of sp³-hybridized carbons (Fsp3) is 0.385. The van der Waals surface area contributed by atoms with Crippen LogP contribution in [0.3, 0.4) is 0 Å². The first-order valence-electron chi connectivity index (χ1n) is 5.27. The van der Waals surface area contributed by atoms with Crippen LogP contribution in [0.4, 0.5) is 0 Å². The van der Waals surface area contributed by atoms with Crippen LogP contribution in [0.1, 0.15) is 17.5 Å². The van der Waals surface area contributed by atoms with Crippen molar-refractivity contribution in [1.82, 2.24) is 5.32 Å². The Bertz CT molecular complexity index is 372. The maximum atomic E-state index is 9.58. The van der Waals surface area contributed by atoms with Crippen LogP contribution in [0.2, 0.25) is 5.02 Å². The van der Waals surface area contributed by atoms with E-state index in [4.69, 9.17) is 11.6 Å². The minimum Gasteiger partial charge on any atom is -0.394 e. The Kier molecular flexibility index (Phi) is 4.54. The van der Waals surface area contributed by atoms with Crippen molar-refractivity contribution in [3.63, 3.8) is 0 Å². The second-order valence-corrected chi connectivity index (χ2v) is 4.35. The van der Waals surface area contributed by atoms with Crippen molar-refractivity contribution in [2.75, 3.05) is 13.7 Å². The first-order valence-corrected chi connectivity index (χ1v) is 5.64. The van der Waals surface area contributed by atoms with Crippen LogP contribution in [-0.2, 0) is 5.54 Å². The number of aryl methyl sites for hydroxylation is 1. The topological polar surface area (TPSA) is 32.3 Å². The molecule has 0 amide bonds. The summed E-state index contributed by atoms with van der Waals surface area (Å²) in [6.45, 7) is 5.71. The molecule has 0 aromatic heterocycles. The van der Waals surface area contributed by atoms with Crippen molar-refractivity contribution in [3.05, 3.63) is 47.0 Å². The quantitative estimate of drug-likeness (QED) is 0.775. The van der Waals surface area contributed by atoms with Gasteiger partial charge in [0.25, 0.3) is 0 Å². The van der Waals surface area contributed by atoms with Gasteiger partial charge in [-0.3, -0.25) is 0 Å². The third-order valence-corrected chi connectivity index (χ3v) is 3.38. The number of benzene rings is 1. The zero-order chi connectivity index (χ0) is 12.2. The van der Waals surface area contributed by atoms with Crippen LogP contribution in [0, 0.1) is 6.92 Å². The molecule has 0 radical (unpaired) electrons. The molecule has 1 aromatic carbocycles. The summed E-state index contributed by atoms with van der Waals surface area (Å²) in [4.78, 5) is 0. The highest BCUT2D eigenvalue weighted by Crippen LogP contribution is 2.28. The highest BCUT2D eigenvalue weighted by molar-refractivity contribution is 6.31. The monoisotopic (exact) mass is 239 g/mol. The summed E-state index contributed by atoms with van der Waals surface area (Å²) < 4.78 is 0. The lowest BCUT2D eigenvalue weighted by Crippen LogP contribution is -2.43. The van der Waals surface area contributed by atoms with Crippen molar-refractivity contribution in [3.8, 4) is 0 Å². The first kappa shape index (κ1) is 13.2. The second kappa shape index (κ2) is 5.48. The van der Waals surface area contributed by atoms with E-state index in [0.717, 1.165) is 16.1 Å². The summed E-state index contributed by atoms with van der Waals surface area (Å²) in [6.07, 6.45) is 2.47. The van der Waals surface area contributed by atoms with E-state index in [2.05, 4.69) is 11.9 Å². The lowest BCUT2D eigenvalue weighted by atomic mass is 9.86. The van der Waals surface area contributed by atoms with Gasteiger partial charge < -0.3 is 10.4 Å². The second-order valence-electron chi connectivity index (χ2n) is 3.95. The van der Waals surface area contributed by atoms with Crippen LogP contribution >= 0.6 is 11.6 Å². The molecule has 0 bridgehead atoms. The van der Waals surface area contributed by atoms with Crippen molar-refractivity contribution >= 4 is 11.6 Å². The molecule has 1 aromatic rings. The molecule has 88 valence electrons. The molecule has 2 nitrogen and oxygen atoms in total. The number of hydrogen-bond donors (Lipinski definition) is 2. The molecule has 1 rings (SSSR count). The average molecular weight is 240 g/mol. The predicted molar refractivity (Wildman–Crippen MR) is 68.8 cm³/mol. The number of hydrogen-bond acceptors (Lipinski definition) is 2. The molecule has 1 unspecified atom stereocenters. The molecule has 0 aliphatic carbocycles. The SMILES string of the molecule is C=CCC(CO)(NC)c1ccc(Cl)c(C)c1. The Balaban J connectivity index is 3.19. The van der Waals surface area contributed by atoms with Gasteiger partial charge in [0, 0.05) is 5.02 Å². The lowest BCUT2D eigenvalue weighted by molar-refractivity contribution is 0.170. The molecular weight excluding hydrogens is 222 g/mol. The van der Waals surface area contributed by atoms with E-state index in [1.165, 1.54) is 0 Å². The largest absolute Gasteiger partial charge is 0.394 e. The Morgan fingerprint density at radius 2 is 2.25 bits per heavy atom. The molecule has 0 saturated heterocycles. The normalized spacial score (nSPS) is 14.5. The molecule has 0 heterocycles. The van der Waals surface area contributed by atoms with Gasteiger partial charge in [0.2, 0.25) is 0 Å². The van der Waals surface area contributed by atoms with Crippen molar-refractivity contribution in [1.29, 1.82) is 0 Å². The van der Waals surface area contributed by atoms with Gasteiger partial charge in [-0.25, -0.2) is 0 Å². The van der Waals surface area contributed by atoms with Gasteiger partial charge in [-0.05, 0) is 37.6 Å². The maximum Gasteiger partial charge on any atom is 0.0701 e. The smallest absolute Gasteiger partial charge is 0.0701 e. The molecule has 16 heavy (non-hydrogen) atoms. The summed E-state index contributed by atoms with van der Waals surface area (Å²) in [7, 11) is 1.84. The Morgan fingerprint density at radius 1 is 1.56 bits per heavy atom. The fourth-order valence-corrected chi connectivity index (χ4v) is 1.91. The molecule has 0 aliphatic rings. The molecular formula is C13H18ClNO. The number of nitrogens with one attached hydrogen (secondary N) is 1. The number of aliphatic hydroxyl groups is 1. The van der Waals surface area contributed by atoms with E-state index in [1.54, 1.807) is 6.08 Å². The van der Waals surface area contributed by atoms with Crippen LogP contribution in [0.15, 0.2) is 30.9 Å². The third-order valence-electron chi connectivity index (χ3n) is 2.95. The molecule has 0 saturated carbocycles. The van der Waals surface area contributed by atoms with Gasteiger partial charge in [-0.1, -0.05) is 29.8 Å². The van der Waals surface area contributed by atoms with E-state index in [9.17, 15) is 5.11 Å². The fourth-order valence-electron chi connectivity index (χ4n) is 1.79. The van der Waals surface area contributed by atoms with E-state index < -0.39 is 5.54 Å². The molecule has 0 aliphatic heterocycles. The summed E-state index contributed by atoms with van der Waals surface area (Å²) in [6, 6.07) is 5.79. The first-order chi connectivity index (χ1) is 7.59.